The Balaban J connectivity index is 1.93. The quantitative estimate of drug-likeness (QED) is 0.567. The van der Waals surface area contributed by atoms with Crippen LogP contribution in [0.2, 0.25) is 0 Å². The largest absolute Gasteiger partial charge is 0.389 e. The molecular formula is C14H17F3OS. The molecule has 0 saturated heterocycles. The number of carbonyl (C=O) groups is 1. The van der Waals surface area contributed by atoms with Crippen molar-refractivity contribution in [2.75, 3.05) is 0 Å². The predicted octanol–water partition coefficient (Wildman–Crippen LogP) is 4.93. The van der Waals surface area contributed by atoms with E-state index in [9.17, 15) is 18.0 Å². The van der Waals surface area contributed by atoms with Crippen molar-refractivity contribution in [3.8, 4) is 0 Å². The Morgan fingerprint density at radius 3 is 2.68 bits per heavy atom. The molecule has 0 saturated carbocycles. The lowest BCUT2D eigenvalue weighted by Gasteiger charge is -2.04. The van der Waals surface area contributed by atoms with E-state index in [0.717, 1.165) is 25.7 Å². The van der Waals surface area contributed by atoms with E-state index in [2.05, 4.69) is 0 Å². The molecule has 19 heavy (non-hydrogen) atoms. The second-order valence-corrected chi connectivity index (χ2v) is 6.15. The van der Waals surface area contributed by atoms with Crippen LogP contribution >= 0.6 is 11.3 Å². The number of halogens is 3. The predicted molar refractivity (Wildman–Crippen MR) is 69.8 cm³/mol. The maximum atomic E-state index is 12.0. The standard InChI is InChI=1S/C14H17F3OS/c15-14(16,17)8-4-6-11(18)13-9-10-5-2-1-3-7-12(10)19-13/h9H,1-8H2. The number of Topliss-reactive ketones (excluding diaryl/α,β-unsaturated/α-hetero) is 1. The molecule has 0 N–H and O–H groups in total. The average molecular weight is 290 g/mol. The number of aryl methyl sites for hydroxylation is 2. The number of hydrogen-bond acceptors (Lipinski definition) is 2. The molecule has 0 atom stereocenters. The first-order valence-electron chi connectivity index (χ1n) is 6.67. The molecule has 0 bridgehead atoms. The molecule has 0 fully saturated rings. The van der Waals surface area contributed by atoms with Gasteiger partial charge < -0.3 is 0 Å². The third kappa shape index (κ3) is 4.34. The van der Waals surface area contributed by atoms with E-state index in [1.807, 2.05) is 6.07 Å². The van der Waals surface area contributed by atoms with Gasteiger partial charge in [-0.15, -0.1) is 11.3 Å². The van der Waals surface area contributed by atoms with Crippen LogP contribution in [0, 0.1) is 0 Å². The first-order valence-corrected chi connectivity index (χ1v) is 7.49. The average Bonchev–Trinajstić information content (AvgIpc) is 2.59. The molecule has 106 valence electrons. The Labute approximate surface area is 114 Å². The van der Waals surface area contributed by atoms with Crippen LogP contribution in [-0.4, -0.2) is 12.0 Å². The van der Waals surface area contributed by atoms with Crippen LogP contribution in [0.5, 0.6) is 0 Å². The highest BCUT2D eigenvalue weighted by molar-refractivity contribution is 7.14. The minimum atomic E-state index is -4.16. The van der Waals surface area contributed by atoms with Crippen LogP contribution in [0.3, 0.4) is 0 Å². The Morgan fingerprint density at radius 2 is 1.95 bits per heavy atom. The fourth-order valence-electron chi connectivity index (χ4n) is 2.38. The van der Waals surface area contributed by atoms with Gasteiger partial charge in [-0.05, 0) is 43.7 Å². The summed E-state index contributed by atoms with van der Waals surface area (Å²) in [5, 5.41) is 0. The third-order valence-corrected chi connectivity index (χ3v) is 4.66. The van der Waals surface area contributed by atoms with Gasteiger partial charge >= 0.3 is 6.18 Å². The molecule has 0 spiro atoms. The second kappa shape index (κ2) is 6.07. The molecule has 0 radical (unpaired) electrons. The zero-order chi connectivity index (χ0) is 13.9. The Kier molecular flexibility index (Phi) is 4.66. The lowest BCUT2D eigenvalue weighted by atomic mass is 10.1. The molecule has 0 amide bonds. The van der Waals surface area contributed by atoms with Crippen molar-refractivity contribution >= 4 is 17.1 Å². The first kappa shape index (κ1) is 14.6. The molecule has 1 nitrogen and oxygen atoms in total. The first-order chi connectivity index (χ1) is 8.96. The van der Waals surface area contributed by atoms with Gasteiger partial charge in [0.2, 0.25) is 0 Å². The molecule has 1 aliphatic carbocycles. The highest BCUT2D eigenvalue weighted by Gasteiger charge is 2.27. The molecule has 0 aromatic carbocycles. The molecule has 1 aromatic rings. The van der Waals surface area contributed by atoms with Crippen LogP contribution in [0.4, 0.5) is 13.2 Å². The number of ketones is 1. The van der Waals surface area contributed by atoms with Crippen molar-refractivity contribution in [2.45, 2.75) is 57.5 Å². The van der Waals surface area contributed by atoms with Gasteiger partial charge in [-0.3, -0.25) is 4.79 Å². The molecule has 2 rings (SSSR count). The molecule has 5 heteroatoms. The van der Waals surface area contributed by atoms with Crippen molar-refractivity contribution in [3.63, 3.8) is 0 Å². The normalized spacial score (nSPS) is 15.9. The minimum absolute atomic E-state index is 0.00109. The van der Waals surface area contributed by atoms with Crippen molar-refractivity contribution < 1.29 is 18.0 Å². The summed E-state index contributed by atoms with van der Waals surface area (Å²) in [4.78, 5) is 13.8. The zero-order valence-corrected chi connectivity index (χ0v) is 11.5. The lowest BCUT2D eigenvalue weighted by molar-refractivity contribution is -0.135. The van der Waals surface area contributed by atoms with E-state index in [0.29, 0.717) is 4.88 Å². The maximum Gasteiger partial charge on any atom is 0.389 e. The summed E-state index contributed by atoms with van der Waals surface area (Å²) in [6, 6.07) is 1.90. The fraction of sp³-hybridized carbons (Fsp3) is 0.643. The SMILES string of the molecule is O=C(CCCC(F)(F)F)c1cc2c(s1)CCCCC2. The summed E-state index contributed by atoms with van der Waals surface area (Å²) in [6.45, 7) is 0. The van der Waals surface area contributed by atoms with E-state index < -0.39 is 12.6 Å². The Bertz CT molecular complexity index is 425. The van der Waals surface area contributed by atoms with Gasteiger partial charge in [-0.1, -0.05) is 6.42 Å². The maximum absolute atomic E-state index is 12.0. The van der Waals surface area contributed by atoms with Crippen molar-refractivity contribution in [1.82, 2.24) is 0 Å². The summed E-state index contributed by atoms with van der Waals surface area (Å²) in [5.41, 5.74) is 1.24. The monoisotopic (exact) mass is 290 g/mol. The lowest BCUT2D eigenvalue weighted by Crippen LogP contribution is -2.08. The number of hydrogen-bond donors (Lipinski definition) is 0. The number of alkyl halides is 3. The van der Waals surface area contributed by atoms with Crippen LogP contribution in [0.1, 0.15) is 58.6 Å². The highest BCUT2D eigenvalue weighted by Crippen LogP contribution is 2.30. The van der Waals surface area contributed by atoms with Gasteiger partial charge in [0.05, 0.1) is 4.88 Å². The Morgan fingerprint density at radius 1 is 1.21 bits per heavy atom. The Hall–Kier alpha value is -0.840. The van der Waals surface area contributed by atoms with Gasteiger partial charge in [0.25, 0.3) is 0 Å². The second-order valence-electron chi connectivity index (χ2n) is 5.01. The topological polar surface area (TPSA) is 17.1 Å². The van der Waals surface area contributed by atoms with Gasteiger partial charge in [-0.25, -0.2) is 0 Å². The van der Waals surface area contributed by atoms with Crippen molar-refractivity contribution in [3.05, 3.63) is 21.4 Å². The summed E-state index contributed by atoms with van der Waals surface area (Å²) in [5.74, 6) is -0.137. The molecular weight excluding hydrogens is 273 g/mol. The van der Waals surface area contributed by atoms with E-state index in [1.165, 1.54) is 28.2 Å². The number of thiophene rings is 1. The van der Waals surface area contributed by atoms with Crippen LogP contribution in [-0.2, 0) is 12.8 Å². The van der Waals surface area contributed by atoms with Gasteiger partial charge in [-0.2, -0.15) is 13.2 Å². The minimum Gasteiger partial charge on any atom is -0.293 e. The number of fused-ring (bicyclic) bond motifs is 1. The number of rotatable bonds is 4. The van der Waals surface area contributed by atoms with Crippen LogP contribution < -0.4 is 0 Å². The van der Waals surface area contributed by atoms with Crippen molar-refractivity contribution in [1.29, 1.82) is 0 Å². The number of carbonyl (C=O) groups excluding carboxylic acids is 1. The molecule has 1 heterocycles. The van der Waals surface area contributed by atoms with Gasteiger partial charge in [0, 0.05) is 17.7 Å². The zero-order valence-electron chi connectivity index (χ0n) is 10.7. The van der Waals surface area contributed by atoms with E-state index in [-0.39, 0.29) is 18.6 Å². The molecule has 0 unspecified atom stereocenters. The summed E-state index contributed by atoms with van der Waals surface area (Å²) in [6.07, 6.45) is 0.384. The molecule has 1 aliphatic rings. The molecule has 1 aromatic heterocycles. The summed E-state index contributed by atoms with van der Waals surface area (Å²) >= 11 is 1.48. The van der Waals surface area contributed by atoms with Crippen LogP contribution in [0.25, 0.3) is 0 Å². The van der Waals surface area contributed by atoms with E-state index >= 15 is 0 Å². The smallest absolute Gasteiger partial charge is 0.293 e. The van der Waals surface area contributed by atoms with Gasteiger partial charge in [0.15, 0.2) is 5.78 Å². The summed E-state index contributed by atoms with van der Waals surface area (Å²) < 4.78 is 36.1. The fourth-order valence-corrected chi connectivity index (χ4v) is 3.60. The third-order valence-electron chi connectivity index (χ3n) is 3.39. The van der Waals surface area contributed by atoms with Gasteiger partial charge in [0.1, 0.15) is 0 Å². The van der Waals surface area contributed by atoms with Crippen LogP contribution in [0.15, 0.2) is 6.07 Å². The van der Waals surface area contributed by atoms with E-state index in [1.54, 1.807) is 0 Å². The highest BCUT2D eigenvalue weighted by atomic mass is 32.1. The van der Waals surface area contributed by atoms with Crippen molar-refractivity contribution in [2.24, 2.45) is 0 Å². The molecule has 0 aliphatic heterocycles. The summed E-state index contributed by atoms with van der Waals surface area (Å²) in [7, 11) is 0. The van der Waals surface area contributed by atoms with E-state index in [4.69, 9.17) is 0 Å².